The lowest BCUT2D eigenvalue weighted by atomic mass is 9.47. The van der Waals surface area contributed by atoms with Gasteiger partial charge in [-0.1, -0.05) is 46.3 Å². The predicted octanol–water partition coefficient (Wildman–Crippen LogP) is 7.04. The van der Waals surface area contributed by atoms with Crippen LogP contribution in [0.5, 0.6) is 0 Å². The number of nitrogens with two attached hydrogens (primary N) is 1. The summed E-state index contributed by atoms with van der Waals surface area (Å²) in [5.41, 5.74) is 10.9. The third-order valence-electron chi connectivity index (χ3n) is 11.4. The number of nitrogens with zero attached hydrogens (tertiary/aromatic N) is 1. The fraction of sp³-hybridized carbons (Fsp3) is 0.897. The topological polar surface area (TPSA) is 38.4 Å². The van der Waals surface area contributed by atoms with Crippen LogP contribution < -0.4 is 5.73 Å². The van der Waals surface area contributed by atoms with Crippen molar-refractivity contribution in [1.29, 1.82) is 0 Å². The van der Waals surface area contributed by atoms with Gasteiger partial charge in [0.15, 0.2) is 0 Å². The van der Waals surface area contributed by atoms with Gasteiger partial charge in [0.25, 0.3) is 0 Å². The zero-order valence-electron chi connectivity index (χ0n) is 21.0. The van der Waals surface area contributed by atoms with Gasteiger partial charge in [0.2, 0.25) is 0 Å². The normalized spacial score (nSPS) is 48.0. The van der Waals surface area contributed by atoms with Gasteiger partial charge >= 0.3 is 0 Å². The van der Waals surface area contributed by atoms with Gasteiger partial charge in [-0.2, -0.15) is 0 Å². The monoisotopic (exact) mass is 424 g/mol. The van der Waals surface area contributed by atoms with Crippen molar-refractivity contribution in [1.82, 2.24) is 0 Å². The minimum Gasteiger partial charge on any atom is -0.328 e. The van der Waals surface area contributed by atoms with Crippen LogP contribution in [0.3, 0.4) is 0 Å². The summed E-state index contributed by atoms with van der Waals surface area (Å²) in [6.07, 6.45) is 16.2. The fourth-order valence-electron chi connectivity index (χ4n) is 9.56. The molecule has 1 aliphatic heterocycles. The molecule has 2 N–H and O–H groups in total. The highest BCUT2D eigenvalue weighted by molar-refractivity contribution is 5.88. The van der Waals surface area contributed by atoms with Crippen LogP contribution in [0.4, 0.5) is 0 Å². The molecule has 0 aromatic carbocycles. The number of aliphatic imine (C=N–C) groups is 1. The van der Waals surface area contributed by atoms with E-state index in [4.69, 9.17) is 10.7 Å². The van der Waals surface area contributed by atoms with Gasteiger partial charge < -0.3 is 5.73 Å². The van der Waals surface area contributed by atoms with Gasteiger partial charge in [0.1, 0.15) is 0 Å². The summed E-state index contributed by atoms with van der Waals surface area (Å²) in [5, 5.41) is 0. The summed E-state index contributed by atoms with van der Waals surface area (Å²) in [7, 11) is 0. The van der Waals surface area contributed by atoms with Crippen molar-refractivity contribution in [2.24, 2.45) is 63.0 Å². The molecule has 9 atom stereocenters. The first-order chi connectivity index (χ1) is 14.7. The van der Waals surface area contributed by atoms with Gasteiger partial charge in [0.05, 0.1) is 0 Å². The molecule has 31 heavy (non-hydrogen) atoms. The summed E-state index contributed by atoms with van der Waals surface area (Å²) in [5.74, 6) is 5.68. The molecular weight excluding hydrogens is 376 g/mol. The zero-order valence-corrected chi connectivity index (χ0v) is 21.0. The van der Waals surface area contributed by atoms with E-state index >= 15 is 0 Å². The molecule has 174 valence electrons. The molecule has 4 aliphatic carbocycles. The van der Waals surface area contributed by atoms with E-state index < -0.39 is 0 Å². The Balaban J connectivity index is 1.34. The van der Waals surface area contributed by atoms with Crippen molar-refractivity contribution in [3.05, 3.63) is 11.6 Å². The van der Waals surface area contributed by atoms with Gasteiger partial charge in [-0.15, -0.1) is 0 Å². The van der Waals surface area contributed by atoms with Crippen LogP contribution in [0, 0.1) is 52.3 Å². The molecule has 2 nitrogen and oxygen atoms in total. The molecule has 0 aromatic rings. The Bertz CT molecular complexity index is 750. The number of rotatable bonds is 4. The third-order valence-corrected chi connectivity index (χ3v) is 11.4. The van der Waals surface area contributed by atoms with E-state index in [0.29, 0.717) is 16.9 Å². The molecule has 2 heteroatoms. The molecule has 0 radical (unpaired) electrons. The predicted molar refractivity (Wildman–Crippen MR) is 132 cm³/mol. The molecule has 0 saturated heterocycles. The van der Waals surface area contributed by atoms with E-state index in [0.717, 1.165) is 48.0 Å². The second-order valence-corrected chi connectivity index (χ2v) is 13.2. The lowest BCUT2D eigenvalue weighted by Crippen LogP contribution is -2.50. The Morgan fingerprint density at radius 3 is 2.52 bits per heavy atom. The number of fused-ring (bicyclic) bond motifs is 5. The Kier molecular flexibility index (Phi) is 5.72. The summed E-state index contributed by atoms with van der Waals surface area (Å²) in [6.45, 7) is 13.8. The van der Waals surface area contributed by atoms with Gasteiger partial charge in [-0.05, 0) is 111 Å². The molecule has 0 aromatic heterocycles. The average molecular weight is 425 g/mol. The molecule has 5 aliphatic rings. The number of hydrogen-bond donors (Lipinski definition) is 1. The Hall–Kier alpha value is -0.630. The quantitative estimate of drug-likeness (QED) is 0.483. The van der Waals surface area contributed by atoms with Crippen LogP contribution in [0.25, 0.3) is 0 Å². The van der Waals surface area contributed by atoms with Crippen LogP contribution in [0.1, 0.15) is 98.8 Å². The number of allylic oxidation sites excluding steroid dienone is 2. The van der Waals surface area contributed by atoms with Crippen LogP contribution >= 0.6 is 0 Å². The van der Waals surface area contributed by atoms with Crippen molar-refractivity contribution in [2.45, 2.75) is 105 Å². The maximum atomic E-state index is 6.39. The van der Waals surface area contributed by atoms with Crippen molar-refractivity contribution in [3.8, 4) is 0 Å². The SMILES string of the molecule is CC(C)[C@H]1CCN=C1C[C@@H](C)[C@H]1CC[C@H]2C3=CC[C@H]4C[C@H](N)CC[C@]4(C)[C@H]3CC[C@]12C. The highest BCUT2D eigenvalue weighted by atomic mass is 14.8. The molecule has 0 spiro atoms. The van der Waals surface area contributed by atoms with E-state index in [2.05, 4.69) is 40.7 Å². The van der Waals surface area contributed by atoms with E-state index in [-0.39, 0.29) is 0 Å². The van der Waals surface area contributed by atoms with Crippen molar-refractivity contribution >= 4 is 5.71 Å². The molecule has 0 bridgehead atoms. The molecule has 0 amide bonds. The van der Waals surface area contributed by atoms with Gasteiger partial charge in [0, 0.05) is 24.2 Å². The maximum Gasteiger partial charge on any atom is 0.0395 e. The smallest absolute Gasteiger partial charge is 0.0395 e. The molecule has 0 unspecified atom stereocenters. The summed E-state index contributed by atoms with van der Waals surface area (Å²) in [4.78, 5) is 5.00. The van der Waals surface area contributed by atoms with E-state index in [1.807, 2.05) is 5.57 Å². The van der Waals surface area contributed by atoms with E-state index in [9.17, 15) is 0 Å². The highest BCUT2D eigenvalue weighted by Crippen LogP contribution is 2.66. The first-order valence-electron chi connectivity index (χ1n) is 13.7. The first kappa shape index (κ1) is 22.2. The average Bonchev–Trinajstić information content (AvgIpc) is 3.32. The largest absolute Gasteiger partial charge is 0.328 e. The second-order valence-electron chi connectivity index (χ2n) is 13.2. The molecule has 1 heterocycles. The minimum atomic E-state index is 0.451. The third kappa shape index (κ3) is 3.49. The Morgan fingerprint density at radius 1 is 1.00 bits per heavy atom. The first-order valence-corrected chi connectivity index (χ1v) is 13.7. The summed E-state index contributed by atoms with van der Waals surface area (Å²) >= 11 is 0. The van der Waals surface area contributed by atoms with Crippen molar-refractivity contribution in [3.63, 3.8) is 0 Å². The van der Waals surface area contributed by atoms with E-state index in [1.165, 1.54) is 64.2 Å². The van der Waals surface area contributed by atoms with Crippen LogP contribution in [-0.4, -0.2) is 18.3 Å². The maximum absolute atomic E-state index is 6.39. The summed E-state index contributed by atoms with van der Waals surface area (Å²) in [6, 6.07) is 0.451. The molecule has 3 fully saturated rings. The number of hydrogen-bond acceptors (Lipinski definition) is 2. The summed E-state index contributed by atoms with van der Waals surface area (Å²) < 4.78 is 0. The Morgan fingerprint density at radius 2 is 1.74 bits per heavy atom. The van der Waals surface area contributed by atoms with E-state index in [1.54, 1.807) is 5.71 Å². The lowest BCUT2D eigenvalue weighted by molar-refractivity contribution is -0.0110. The highest BCUT2D eigenvalue weighted by Gasteiger charge is 2.58. The molecule has 3 saturated carbocycles. The van der Waals surface area contributed by atoms with Crippen molar-refractivity contribution < 1.29 is 0 Å². The molecular formula is C29H48N2. The van der Waals surface area contributed by atoms with Gasteiger partial charge in [-0.3, -0.25) is 4.99 Å². The van der Waals surface area contributed by atoms with Crippen LogP contribution in [-0.2, 0) is 0 Å². The molecule has 5 rings (SSSR count). The minimum absolute atomic E-state index is 0.451. The van der Waals surface area contributed by atoms with Crippen LogP contribution in [0.2, 0.25) is 0 Å². The van der Waals surface area contributed by atoms with Crippen molar-refractivity contribution in [2.75, 3.05) is 6.54 Å². The van der Waals surface area contributed by atoms with Gasteiger partial charge in [-0.25, -0.2) is 0 Å². The zero-order chi connectivity index (χ0) is 22.0. The Labute approximate surface area is 191 Å². The standard InChI is InChI=1S/C29H48N2/c1-18(2)22-12-15-31-27(22)16-19(3)24-8-9-25-23-7-6-20-17-21(30)10-13-28(20,4)26(23)11-14-29(24,25)5/h7,18-22,24-26H,6,8-17,30H2,1-5H3/t19-,20+,21-,22-,24-,25+,26+,28+,29-/m1/s1. The lowest BCUT2D eigenvalue weighted by Gasteiger charge is -2.58. The van der Waals surface area contributed by atoms with Crippen LogP contribution in [0.15, 0.2) is 16.6 Å². The fourth-order valence-corrected chi connectivity index (χ4v) is 9.56. The second kappa shape index (κ2) is 8.00.